The van der Waals surface area contributed by atoms with Crippen molar-refractivity contribution in [3.63, 3.8) is 0 Å². The normalized spacial score (nSPS) is 12.3. The van der Waals surface area contributed by atoms with Crippen molar-refractivity contribution >= 4 is 16.7 Å². The SMILES string of the molecule is C=CCn1nc([C@H](C)C(=O)O)c2ccccc2c1=O. The number of hydrogen-bond acceptors (Lipinski definition) is 3. The van der Waals surface area contributed by atoms with Crippen LogP contribution in [-0.4, -0.2) is 20.9 Å². The van der Waals surface area contributed by atoms with E-state index in [2.05, 4.69) is 11.7 Å². The Labute approximate surface area is 109 Å². The largest absolute Gasteiger partial charge is 0.481 e. The summed E-state index contributed by atoms with van der Waals surface area (Å²) in [7, 11) is 0. The van der Waals surface area contributed by atoms with Crippen molar-refractivity contribution in [1.29, 1.82) is 0 Å². The average molecular weight is 258 g/mol. The molecule has 1 aromatic heterocycles. The molecule has 0 bridgehead atoms. The van der Waals surface area contributed by atoms with Crippen LogP contribution in [0.4, 0.5) is 0 Å². The third-order valence-electron chi connectivity index (χ3n) is 2.98. The molecule has 0 radical (unpaired) electrons. The molecule has 19 heavy (non-hydrogen) atoms. The molecule has 5 heteroatoms. The van der Waals surface area contributed by atoms with Gasteiger partial charge in [0.15, 0.2) is 0 Å². The Morgan fingerprint density at radius 2 is 2.11 bits per heavy atom. The number of carboxylic acid groups (broad SMARTS) is 1. The van der Waals surface area contributed by atoms with Gasteiger partial charge in [0.1, 0.15) is 0 Å². The Bertz CT molecular complexity index is 703. The minimum absolute atomic E-state index is 0.239. The van der Waals surface area contributed by atoms with E-state index in [0.717, 1.165) is 0 Å². The van der Waals surface area contributed by atoms with E-state index in [1.807, 2.05) is 0 Å². The molecule has 2 aromatic rings. The number of rotatable bonds is 4. The molecule has 0 unspecified atom stereocenters. The smallest absolute Gasteiger partial charge is 0.312 e. The molecule has 1 heterocycles. The monoisotopic (exact) mass is 258 g/mol. The number of aromatic nitrogens is 2. The van der Waals surface area contributed by atoms with Crippen LogP contribution in [0.1, 0.15) is 18.5 Å². The molecule has 0 saturated heterocycles. The molecule has 98 valence electrons. The predicted octanol–water partition coefficient (Wildman–Crippen LogP) is 1.77. The Kier molecular flexibility index (Phi) is 3.46. The molecule has 0 fully saturated rings. The zero-order valence-corrected chi connectivity index (χ0v) is 10.5. The molecule has 5 nitrogen and oxygen atoms in total. The summed E-state index contributed by atoms with van der Waals surface area (Å²) in [5, 5.41) is 14.4. The fourth-order valence-electron chi connectivity index (χ4n) is 1.94. The molecule has 1 aromatic carbocycles. The molecule has 0 saturated carbocycles. The van der Waals surface area contributed by atoms with Gasteiger partial charge in [-0.15, -0.1) is 6.58 Å². The number of allylic oxidation sites excluding steroid dienone is 1. The van der Waals surface area contributed by atoms with E-state index in [0.29, 0.717) is 16.5 Å². The maximum Gasteiger partial charge on any atom is 0.312 e. The van der Waals surface area contributed by atoms with Crippen LogP contribution in [0.15, 0.2) is 41.7 Å². The lowest BCUT2D eigenvalue weighted by Gasteiger charge is -2.12. The van der Waals surface area contributed by atoms with Crippen LogP contribution in [0.2, 0.25) is 0 Å². The molecule has 0 aliphatic rings. The van der Waals surface area contributed by atoms with Crippen LogP contribution in [0, 0.1) is 0 Å². The van der Waals surface area contributed by atoms with E-state index in [1.54, 1.807) is 37.3 Å². The summed E-state index contributed by atoms with van der Waals surface area (Å²) in [5.74, 6) is -1.75. The Morgan fingerprint density at radius 3 is 2.68 bits per heavy atom. The Hall–Kier alpha value is -2.43. The van der Waals surface area contributed by atoms with Crippen molar-refractivity contribution < 1.29 is 9.90 Å². The number of aliphatic carboxylic acids is 1. The summed E-state index contributed by atoms with van der Waals surface area (Å²) in [4.78, 5) is 23.3. The molecule has 0 aliphatic heterocycles. The average Bonchev–Trinajstić information content (AvgIpc) is 2.41. The number of nitrogens with zero attached hydrogens (tertiary/aromatic N) is 2. The van der Waals surface area contributed by atoms with Gasteiger partial charge in [-0.2, -0.15) is 5.10 Å². The summed E-state index contributed by atoms with van der Waals surface area (Å²) in [6.07, 6.45) is 1.55. The molecule has 1 N–H and O–H groups in total. The summed E-state index contributed by atoms with van der Waals surface area (Å²) in [5.41, 5.74) is 0.154. The molecular formula is C14H14N2O3. The minimum atomic E-state index is -0.971. The van der Waals surface area contributed by atoms with E-state index in [9.17, 15) is 9.59 Å². The maximum atomic E-state index is 12.2. The second-order valence-corrected chi connectivity index (χ2v) is 4.27. The first-order chi connectivity index (χ1) is 9.06. The summed E-state index contributed by atoms with van der Waals surface area (Å²) in [6.45, 7) is 5.38. The first-order valence-electron chi connectivity index (χ1n) is 5.89. The highest BCUT2D eigenvalue weighted by Gasteiger charge is 2.20. The zero-order valence-electron chi connectivity index (χ0n) is 10.5. The molecule has 1 atom stereocenters. The van der Waals surface area contributed by atoms with Crippen molar-refractivity contribution in [3.05, 3.63) is 53.0 Å². The van der Waals surface area contributed by atoms with Gasteiger partial charge in [0.05, 0.1) is 23.5 Å². The minimum Gasteiger partial charge on any atom is -0.481 e. The highest BCUT2D eigenvalue weighted by Crippen LogP contribution is 2.21. The summed E-state index contributed by atoms with van der Waals surface area (Å²) >= 11 is 0. The lowest BCUT2D eigenvalue weighted by molar-refractivity contribution is -0.138. The fraction of sp³-hybridized carbons (Fsp3) is 0.214. The zero-order chi connectivity index (χ0) is 14.0. The van der Waals surface area contributed by atoms with Gasteiger partial charge < -0.3 is 5.11 Å². The predicted molar refractivity (Wildman–Crippen MR) is 72.3 cm³/mol. The van der Waals surface area contributed by atoms with Crippen LogP contribution in [0.5, 0.6) is 0 Å². The fourth-order valence-corrected chi connectivity index (χ4v) is 1.94. The van der Waals surface area contributed by atoms with E-state index in [1.165, 1.54) is 4.68 Å². The number of hydrogen-bond donors (Lipinski definition) is 1. The van der Waals surface area contributed by atoms with Crippen LogP contribution in [0.25, 0.3) is 10.8 Å². The van der Waals surface area contributed by atoms with E-state index < -0.39 is 11.9 Å². The number of carboxylic acids is 1. The quantitative estimate of drug-likeness (QED) is 0.848. The lowest BCUT2D eigenvalue weighted by atomic mass is 10.0. The second-order valence-electron chi connectivity index (χ2n) is 4.27. The van der Waals surface area contributed by atoms with E-state index >= 15 is 0 Å². The van der Waals surface area contributed by atoms with Gasteiger partial charge in [-0.3, -0.25) is 9.59 Å². The topological polar surface area (TPSA) is 72.2 Å². The van der Waals surface area contributed by atoms with Crippen molar-refractivity contribution in [1.82, 2.24) is 9.78 Å². The molecule has 2 rings (SSSR count). The highest BCUT2D eigenvalue weighted by atomic mass is 16.4. The first kappa shape index (κ1) is 13.0. The molecule has 0 spiro atoms. The Balaban J connectivity index is 2.81. The number of fused-ring (bicyclic) bond motifs is 1. The van der Waals surface area contributed by atoms with E-state index in [-0.39, 0.29) is 12.1 Å². The third kappa shape index (κ3) is 2.27. The van der Waals surface area contributed by atoms with Crippen LogP contribution in [0.3, 0.4) is 0 Å². The van der Waals surface area contributed by atoms with Gasteiger partial charge in [-0.1, -0.05) is 24.3 Å². The van der Waals surface area contributed by atoms with Crippen LogP contribution < -0.4 is 5.56 Å². The molecule has 0 amide bonds. The van der Waals surface area contributed by atoms with Gasteiger partial charge in [-0.25, -0.2) is 4.68 Å². The first-order valence-corrected chi connectivity index (χ1v) is 5.89. The Morgan fingerprint density at radius 1 is 1.47 bits per heavy atom. The lowest BCUT2D eigenvalue weighted by Crippen LogP contribution is -2.26. The van der Waals surface area contributed by atoms with Crippen molar-refractivity contribution in [2.24, 2.45) is 0 Å². The number of carbonyl (C=O) groups is 1. The van der Waals surface area contributed by atoms with Gasteiger partial charge in [-0.05, 0) is 13.0 Å². The van der Waals surface area contributed by atoms with Crippen LogP contribution in [-0.2, 0) is 11.3 Å². The summed E-state index contributed by atoms with van der Waals surface area (Å²) < 4.78 is 1.24. The highest BCUT2D eigenvalue weighted by molar-refractivity contribution is 5.88. The maximum absolute atomic E-state index is 12.2. The second kappa shape index (κ2) is 5.06. The molecular weight excluding hydrogens is 244 g/mol. The van der Waals surface area contributed by atoms with Gasteiger partial charge in [0.25, 0.3) is 5.56 Å². The van der Waals surface area contributed by atoms with Crippen molar-refractivity contribution in [2.75, 3.05) is 0 Å². The van der Waals surface area contributed by atoms with Gasteiger partial charge >= 0.3 is 5.97 Å². The third-order valence-corrected chi connectivity index (χ3v) is 2.98. The standard InChI is InChI=1S/C14H14N2O3/c1-3-8-16-13(17)11-7-5-4-6-10(11)12(15-16)9(2)14(18)19/h3-7,9H,1,8H2,2H3,(H,18,19)/t9-/m0/s1. The number of benzene rings is 1. The molecule has 0 aliphatic carbocycles. The van der Waals surface area contributed by atoms with Crippen LogP contribution >= 0.6 is 0 Å². The van der Waals surface area contributed by atoms with Crippen molar-refractivity contribution in [3.8, 4) is 0 Å². The van der Waals surface area contributed by atoms with E-state index in [4.69, 9.17) is 5.11 Å². The summed E-state index contributed by atoms with van der Waals surface area (Å²) in [6, 6.07) is 6.91. The van der Waals surface area contributed by atoms with Crippen molar-refractivity contribution in [2.45, 2.75) is 19.4 Å². The van der Waals surface area contributed by atoms with Gasteiger partial charge in [0.2, 0.25) is 0 Å². The van der Waals surface area contributed by atoms with Gasteiger partial charge in [0, 0.05) is 5.39 Å².